The molecule has 1 fully saturated rings. The summed E-state index contributed by atoms with van der Waals surface area (Å²) in [6.07, 6.45) is 5.23. The van der Waals surface area contributed by atoms with Crippen molar-refractivity contribution in [2.45, 2.75) is 31.8 Å². The summed E-state index contributed by atoms with van der Waals surface area (Å²) < 4.78 is 8.82. The van der Waals surface area contributed by atoms with Gasteiger partial charge in [-0.15, -0.1) is 0 Å². The summed E-state index contributed by atoms with van der Waals surface area (Å²) in [4.78, 5) is 0. The lowest BCUT2D eigenvalue weighted by molar-refractivity contribution is 0.103. The van der Waals surface area contributed by atoms with Gasteiger partial charge in [0.05, 0.1) is 11.8 Å². The first-order chi connectivity index (χ1) is 8.66. The molecule has 1 unspecified atom stereocenters. The van der Waals surface area contributed by atoms with Crippen LogP contribution in [-0.4, -0.2) is 19.3 Å². The van der Waals surface area contributed by atoms with Gasteiger partial charge in [-0.2, -0.15) is 0 Å². The smallest absolute Gasteiger partial charge is 0.0629 e. The molecule has 1 N–H and O–H groups in total. The van der Waals surface area contributed by atoms with Crippen LogP contribution < -0.4 is 5.32 Å². The van der Waals surface area contributed by atoms with Crippen LogP contribution in [0.4, 0.5) is 5.69 Å². The van der Waals surface area contributed by atoms with E-state index in [4.69, 9.17) is 4.74 Å². The molecule has 0 aliphatic carbocycles. The van der Waals surface area contributed by atoms with Crippen molar-refractivity contribution in [1.29, 1.82) is 0 Å². The van der Waals surface area contributed by atoms with E-state index < -0.39 is 0 Å². The lowest BCUT2D eigenvalue weighted by Gasteiger charge is -2.13. The van der Waals surface area contributed by atoms with Gasteiger partial charge in [-0.1, -0.05) is 15.9 Å². The van der Waals surface area contributed by atoms with Crippen LogP contribution in [0.25, 0.3) is 0 Å². The fourth-order valence-corrected chi connectivity index (χ4v) is 4.67. The van der Waals surface area contributed by atoms with Crippen molar-refractivity contribution < 1.29 is 4.74 Å². The molecule has 1 aliphatic heterocycles. The minimum absolute atomic E-state index is 0.489. The summed E-state index contributed by atoms with van der Waals surface area (Å²) in [5.74, 6) is 0. The summed E-state index contributed by atoms with van der Waals surface area (Å²) in [6, 6.07) is 4.10. The molecule has 0 aromatic heterocycles. The largest absolute Gasteiger partial charge is 0.383 e. The number of hydrogen-bond donors (Lipinski definition) is 1. The van der Waals surface area contributed by atoms with Crippen LogP contribution in [0.2, 0.25) is 0 Å². The Hall–Kier alpha value is 0.420. The van der Waals surface area contributed by atoms with Crippen molar-refractivity contribution in [2.24, 2.45) is 0 Å². The van der Waals surface area contributed by atoms with Crippen LogP contribution >= 0.6 is 47.8 Å². The zero-order valence-electron chi connectivity index (χ0n) is 10.0. The lowest BCUT2D eigenvalue weighted by Crippen LogP contribution is -2.09. The van der Waals surface area contributed by atoms with Gasteiger partial charge in [0.2, 0.25) is 0 Å². The predicted molar refractivity (Wildman–Crippen MR) is 86.2 cm³/mol. The molecular formula is C13H16Br3NO. The van der Waals surface area contributed by atoms with Gasteiger partial charge in [0.25, 0.3) is 0 Å². The fraction of sp³-hybridized carbons (Fsp3) is 0.538. The topological polar surface area (TPSA) is 21.3 Å². The van der Waals surface area contributed by atoms with Crippen molar-refractivity contribution in [2.75, 3.05) is 18.5 Å². The minimum atomic E-state index is 0.489. The van der Waals surface area contributed by atoms with E-state index in [1.54, 1.807) is 0 Å². The molecule has 1 aromatic carbocycles. The number of rotatable bonds is 5. The van der Waals surface area contributed by atoms with E-state index >= 15 is 0 Å². The predicted octanol–water partition coefficient (Wildman–Crippen LogP) is 5.35. The van der Waals surface area contributed by atoms with Gasteiger partial charge in [0.15, 0.2) is 0 Å². The molecule has 2 nitrogen and oxygen atoms in total. The van der Waals surface area contributed by atoms with Gasteiger partial charge in [-0.25, -0.2) is 0 Å². The van der Waals surface area contributed by atoms with Gasteiger partial charge in [0.1, 0.15) is 0 Å². The van der Waals surface area contributed by atoms with E-state index in [9.17, 15) is 0 Å². The Labute approximate surface area is 133 Å². The van der Waals surface area contributed by atoms with Gasteiger partial charge < -0.3 is 10.1 Å². The third-order valence-corrected chi connectivity index (χ3v) is 4.74. The van der Waals surface area contributed by atoms with Crippen molar-refractivity contribution in [3.05, 3.63) is 25.6 Å². The normalized spacial score (nSPS) is 19.2. The van der Waals surface area contributed by atoms with Crippen LogP contribution in [-0.2, 0) is 4.74 Å². The van der Waals surface area contributed by atoms with Crippen LogP contribution in [0.1, 0.15) is 25.7 Å². The van der Waals surface area contributed by atoms with Gasteiger partial charge in [-0.3, -0.25) is 0 Å². The Morgan fingerprint density at radius 3 is 2.56 bits per heavy atom. The average Bonchev–Trinajstić information content (AvgIpc) is 2.79. The van der Waals surface area contributed by atoms with Crippen LogP contribution in [0.15, 0.2) is 25.6 Å². The highest BCUT2D eigenvalue weighted by atomic mass is 79.9. The average molecular weight is 442 g/mol. The molecule has 100 valence electrons. The maximum Gasteiger partial charge on any atom is 0.0629 e. The quantitative estimate of drug-likeness (QED) is 0.622. The van der Waals surface area contributed by atoms with Gasteiger partial charge >= 0.3 is 0 Å². The first kappa shape index (κ1) is 14.8. The highest BCUT2D eigenvalue weighted by Crippen LogP contribution is 2.34. The summed E-state index contributed by atoms with van der Waals surface area (Å²) >= 11 is 10.6. The second-order valence-electron chi connectivity index (χ2n) is 4.45. The zero-order chi connectivity index (χ0) is 13.0. The number of hydrogen-bond acceptors (Lipinski definition) is 2. The minimum Gasteiger partial charge on any atom is -0.383 e. The number of benzene rings is 1. The molecule has 1 atom stereocenters. The molecule has 0 radical (unpaired) electrons. The Morgan fingerprint density at radius 1 is 1.22 bits per heavy atom. The number of anilines is 1. The Morgan fingerprint density at radius 2 is 1.94 bits per heavy atom. The van der Waals surface area contributed by atoms with Crippen molar-refractivity contribution in [3.63, 3.8) is 0 Å². The first-order valence-electron chi connectivity index (χ1n) is 6.17. The monoisotopic (exact) mass is 439 g/mol. The van der Waals surface area contributed by atoms with Crippen LogP contribution in [0.5, 0.6) is 0 Å². The molecule has 1 saturated heterocycles. The second-order valence-corrected chi connectivity index (χ2v) is 7.07. The van der Waals surface area contributed by atoms with Gasteiger partial charge in [0, 0.05) is 26.6 Å². The number of ether oxygens (including phenoxy) is 1. The molecule has 0 amide bonds. The number of nitrogens with one attached hydrogen (secondary N) is 1. The molecule has 0 spiro atoms. The number of halogens is 3. The van der Waals surface area contributed by atoms with Crippen LogP contribution in [0, 0.1) is 0 Å². The third-order valence-electron chi connectivity index (χ3n) is 3.04. The maximum atomic E-state index is 5.62. The van der Waals surface area contributed by atoms with E-state index in [1.165, 1.54) is 12.8 Å². The van der Waals surface area contributed by atoms with Crippen molar-refractivity contribution in [3.8, 4) is 0 Å². The third kappa shape index (κ3) is 4.22. The molecule has 18 heavy (non-hydrogen) atoms. The first-order valence-corrected chi connectivity index (χ1v) is 8.55. The highest BCUT2D eigenvalue weighted by Gasteiger charge is 2.14. The highest BCUT2D eigenvalue weighted by molar-refractivity contribution is 9.11. The maximum absolute atomic E-state index is 5.62. The Balaban J connectivity index is 1.79. The molecule has 0 saturated carbocycles. The van der Waals surface area contributed by atoms with E-state index in [0.717, 1.165) is 45.1 Å². The zero-order valence-corrected chi connectivity index (χ0v) is 14.8. The lowest BCUT2D eigenvalue weighted by atomic mass is 10.1. The molecule has 5 heteroatoms. The van der Waals surface area contributed by atoms with E-state index in [0.29, 0.717) is 6.10 Å². The molecule has 0 bridgehead atoms. The SMILES string of the molecule is Brc1cc(Br)c(NCCCC2CCCO2)c(Br)c1. The summed E-state index contributed by atoms with van der Waals surface area (Å²) in [5.41, 5.74) is 1.12. The second kappa shape index (κ2) is 7.27. The van der Waals surface area contributed by atoms with E-state index in [1.807, 2.05) is 12.1 Å². The standard InChI is InChI=1S/C13H16Br3NO/c14-9-7-11(15)13(12(16)8-9)17-5-1-3-10-4-2-6-18-10/h7-8,10,17H,1-6H2. The van der Waals surface area contributed by atoms with Gasteiger partial charge in [-0.05, 0) is 69.7 Å². The van der Waals surface area contributed by atoms with E-state index in [2.05, 4.69) is 53.1 Å². The molecule has 1 aliphatic rings. The Kier molecular flexibility index (Phi) is 5.98. The summed E-state index contributed by atoms with van der Waals surface area (Å²) in [5, 5.41) is 3.46. The Bertz CT molecular complexity index is 382. The van der Waals surface area contributed by atoms with Crippen molar-refractivity contribution in [1.82, 2.24) is 0 Å². The summed E-state index contributed by atoms with van der Waals surface area (Å²) in [6.45, 7) is 1.92. The summed E-state index contributed by atoms with van der Waals surface area (Å²) in [7, 11) is 0. The molecule has 1 aromatic rings. The van der Waals surface area contributed by atoms with Crippen molar-refractivity contribution >= 4 is 53.5 Å². The molecule has 1 heterocycles. The fourth-order valence-electron chi connectivity index (χ4n) is 2.13. The van der Waals surface area contributed by atoms with E-state index in [-0.39, 0.29) is 0 Å². The van der Waals surface area contributed by atoms with Crippen LogP contribution in [0.3, 0.4) is 0 Å². The molecule has 2 rings (SSSR count). The molecular weight excluding hydrogens is 426 g/mol.